The average molecular weight is 386 g/mol. The van der Waals surface area contributed by atoms with E-state index in [1.54, 1.807) is 13.0 Å². The van der Waals surface area contributed by atoms with Crippen LogP contribution in [-0.4, -0.2) is 12.6 Å². The minimum Gasteiger partial charge on any atom is -0.462 e. The van der Waals surface area contributed by atoms with Gasteiger partial charge in [0.15, 0.2) is 5.43 Å². The van der Waals surface area contributed by atoms with Gasteiger partial charge in [-0.1, -0.05) is 72.8 Å². The average Bonchev–Trinajstić information content (AvgIpc) is 2.73. The molecule has 0 atom stereocenters. The summed E-state index contributed by atoms with van der Waals surface area (Å²) >= 11 is 1.44. The number of esters is 1. The summed E-state index contributed by atoms with van der Waals surface area (Å²) in [5.74, 6) is -0.577. The maximum absolute atomic E-state index is 13.0. The molecule has 4 heteroatoms. The summed E-state index contributed by atoms with van der Waals surface area (Å²) in [6.07, 6.45) is 0. The van der Waals surface area contributed by atoms with Crippen molar-refractivity contribution < 1.29 is 9.53 Å². The van der Waals surface area contributed by atoms with E-state index in [-0.39, 0.29) is 17.6 Å². The molecule has 0 aliphatic rings. The Balaban J connectivity index is 1.99. The zero-order chi connectivity index (χ0) is 19.5. The molecule has 0 N–H and O–H groups in total. The summed E-state index contributed by atoms with van der Waals surface area (Å²) in [6, 6.07) is 25.2. The quantitative estimate of drug-likeness (QED) is 0.418. The Kier molecular flexibility index (Phi) is 5.04. The fourth-order valence-electron chi connectivity index (χ4n) is 3.26. The molecule has 28 heavy (non-hydrogen) atoms. The van der Waals surface area contributed by atoms with Crippen molar-refractivity contribution in [3.05, 3.63) is 94.6 Å². The van der Waals surface area contributed by atoms with Crippen LogP contribution < -0.4 is 5.43 Å². The van der Waals surface area contributed by atoms with Crippen LogP contribution in [0.1, 0.15) is 17.3 Å². The van der Waals surface area contributed by atoms with Crippen molar-refractivity contribution in [2.75, 3.05) is 6.61 Å². The molecule has 1 heterocycles. The Hall–Kier alpha value is -3.24. The summed E-state index contributed by atoms with van der Waals surface area (Å²) in [5.41, 5.74) is 1.59. The van der Waals surface area contributed by atoms with E-state index in [9.17, 15) is 9.59 Å². The van der Waals surface area contributed by atoms with Gasteiger partial charge in [-0.25, -0.2) is 4.79 Å². The number of hydrogen-bond acceptors (Lipinski definition) is 4. The maximum atomic E-state index is 13.0. The second-order valence-electron chi connectivity index (χ2n) is 6.29. The number of benzene rings is 3. The first-order valence-corrected chi connectivity index (χ1v) is 9.89. The molecule has 1 aromatic heterocycles. The summed E-state index contributed by atoms with van der Waals surface area (Å²) in [4.78, 5) is 26.9. The first-order valence-electron chi connectivity index (χ1n) is 9.08. The lowest BCUT2D eigenvalue weighted by Gasteiger charge is -2.12. The highest BCUT2D eigenvalue weighted by Crippen LogP contribution is 2.36. The van der Waals surface area contributed by atoms with E-state index in [1.807, 2.05) is 72.8 Å². The molecule has 0 saturated carbocycles. The number of carbonyl (C=O) groups excluding carboxylic acids is 1. The molecule has 0 bridgehead atoms. The molecule has 3 aromatic carbocycles. The molecule has 0 fully saturated rings. The normalized spacial score (nSPS) is 10.8. The van der Waals surface area contributed by atoms with Gasteiger partial charge in [-0.15, -0.1) is 11.3 Å². The molecular formula is C24H18O3S. The third-order valence-electron chi connectivity index (χ3n) is 4.52. The standard InChI is InChI=1S/C24H18O3S/c1-2-27-24(26)22-20(25)15-21(28-23(22)17-10-4-3-5-11-17)19-14-8-12-16-9-6-7-13-18(16)19/h3-15H,2H2,1H3. The highest BCUT2D eigenvalue weighted by molar-refractivity contribution is 7.18. The molecule has 0 aliphatic heterocycles. The van der Waals surface area contributed by atoms with Crippen molar-refractivity contribution in [1.29, 1.82) is 0 Å². The van der Waals surface area contributed by atoms with E-state index < -0.39 is 5.97 Å². The van der Waals surface area contributed by atoms with E-state index in [1.165, 1.54) is 11.3 Å². The van der Waals surface area contributed by atoms with Crippen LogP contribution in [0.15, 0.2) is 83.7 Å². The van der Waals surface area contributed by atoms with Gasteiger partial charge in [0.2, 0.25) is 0 Å². The predicted octanol–water partition coefficient (Wildman–Crippen LogP) is 5.77. The molecule has 0 amide bonds. The van der Waals surface area contributed by atoms with Crippen molar-refractivity contribution in [2.45, 2.75) is 6.92 Å². The Morgan fingerprint density at radius 3 is 2.43 bits per heavy atom. The van der Waals surface area contributed by atoms with E-state index in [0.717, 1.165) is 26.8 Å². The predicted molar refractivity (Wildman–Crippen MR) is 115 cm³/mol. The molecule has 0 unspecified atom stereocenters. The van der Waals surface area contributed by atoms with Crippen molar-refractivity contribution in [3.63, 3.8) is 0 Å². The van der Waals surface area contributed by atoms with Crippen LogP contribution in [-0.2, 0) is 4.74 Å². The monoisotopic (exact) mass is 386 g/mol. The molecule has 0 aliphatic carbocycles. The van der Waals surface area contributed by atoms with Gasteiger partial charge in [0.25, 0.3) is 0 Å². The van der Waals surface area contributed by atoms with Crippen LogP contribution in [0.3, 0.4) is 0 Å². The topological polar surface area (TPSA) is 43.4 Å². The van der Waals surface area contributed by atoms with Crippen molar-refractivity contribution in [3.8, 4) is 20.9 Å². The van der Waals surface area contributed by atoms with Crippen LogP contribution >= 0.6 is 11.3 Å². The first-order chi connectivity index (χ1) is 13.7. The van der Waals surface area contributed by atoms with Gasteiger partial charge in [-0.2, -0.15) is 0 Å². The molecule has 0 radical (unpaired) electrons. The van der Waals surface area contributed by atoms with Gasteiger partial charge in [0.1, 0.15) is 5.56 Å². The molecule has 138 valence electrons. The Morgan fingerprint density at radius 2 is 1.64 bits per heavy atom. The largest absolute Gasteiger partial charge is 0.462 e. The summed E-state index contributed by atoms with van der Waals surface area (Å²) in [6.45, 7) is 1.96. The number of carbonyl (C=O) groups is 1. The summed E-state index contributed by atoms with van der Waals surface area (Å²) in [5, 5.41) is 2.18. The first kappa shape index (κ1) is 18.1. The van der Waals surface area contributed by atoms with Crippen LogP contribution in [0.25, 0.3) is 31.7 Å². The SMILES string of the molecule is CCOC(=O)c1c(-c2ccccc2)sc(-c2cccc3ccccc23)cc1=O. The smallest absolute Gasteiger partial charge is 0.343 e. The summed E-state index contributed by atoms with van der Waals surface area (Å²) < 4.78 is 5.15. The minimum absolute atomic E-state index is 0.0991. The molecule has 4 aromatic rings. The van der Waals surface area contributed by atoms with Crippen molar-refractivity contribution >= 4 is 28.1 Å². The number of ether oxygens (including phenoxy) is 1. The molecule has 4 rings (SSSR count). The van der Waals surface area contributed by atoms with Gasteiger partial charge in [0.05, 0.1) is 11.5 Å². The zero-order valence-corrected chi connectivity index (χ0v) is 16.2. The third kappa shape index (κ3) is 3.35. The van der Waals surface area contributed by atoms with Gasteiger partial charge in [0, 0.05) is 10.9 Å². The summed E-state index contributed by atoms with van der Waals surface area (Å²) in [7, 11) is 0. The Bertz CT molecular complexity index is 1200. The van der Waals surface area contributed by atoms with Gasteiger partial charge in [-0.3, -0.25) is 4.79 Å². The third-order valence-corrected chi connectivity index (χ3v) is 5.72. The molecule has 0 spiro atoms. The molecular weight excluding hydrogens is 368 g/mol. The van der Waals surface area contributed by atoms with Crippen molar-refractivity contribution in [1.82, 2.24) is 0 Å². The van der Waals surface area contributed by atoms with Crippen LogP contribution in [0.2, 0.25) is 0 Å². The number of rotatable bonds is 4. The number of fused-ring (bicyclic) bond motifs is 1. The second-order valence-corrected chi connectivity index (χ2v) is 7.34. The molecule has 0 saturated heterocycles. The van der Waals surface area contributed by atoms with E-state index in [2.05, 4.69) is 0 Å². The second kappa shape index (κ2) is 7.79. The lowest BCUT2D eigenvalue weighted by molar-refractivity contribution is 0.0526. The lowest BCUT2D eigenvalue weighted by Crippen LogP contribution is -2.17. The van der Waals surface area contributed by atoms with Gasteiger partial charge >= 0.3 is 5.97 Å². The molecule has 3 nitrogen and oxygen atoms in total. The van der Waals surface area contributed by atoms with Crippen LogP contribution in [0.5, 0.6) is 0 Å². The van der Waals surface area contributed by atoms with Crippen molar-refractivity contribution in [2.24, 2.45) is 0 Å². The minimum atomic E-state index is -0.577. The maximum Gasteiger partial charge on any atom is 0.343 e. The van der Waals surface area contributed by atoms with Gasteiger partial charge in [-0.05, 0) is 28.8 Å². The number of hydrogen-bond donors (Lipinski definition) is 0. The Labute approximate surface area is 166 Å². The highest BCUT2D eigenvalue weighted by atomic mass is 32.1. The van der Waals surface area contributed by atoms with Crippen LogP contribution in [0, 0.1) is 0 Å². The highest BCUT2D eigenvalue weighted by Gasteiger charge is 2.21. The van der Waals surface area contributed by atoms with E-state index in [0.29, 0.717) is 4.88 Å². The Morgan fingerprint density at radius 1 is 0.929 bits per heavy atom. The van der Waals surface area contributed by atoms with Gasteiger partial charge < -0.3 is 4.74 Å². The fourth-order valence-corrected chi connectivity index (χ4v) is 4.47. The lowest BCUT2D eigenvalue weighted by atomic mass is 10.0. The zero-order valence-electron chi connectivity index (χ0n) is 15.3. The fraction of sp³-hybridized carbons (Fsp3) is 0.0833. The van der Waals surface area contributed by atoms with E-state index >= 15 is 0 Å². The van der Waals surface area contributed by atoms with Crippen LogP contribution in [0.4, 0.5) is 0 Å². The van der Waals surface area contributed by atoms with E-state index in [4.69, 9.17) is 4.74 Å².